The maximum absolute atomic E-state index is 4.97. The SMILES string of the molecule is C=COC(=C)c1nccn1C=C. The minimum Gasteiger partial charge on any atom is -0.462 e. The molecule has 3 nitrogen and oxygen atoms in total. The van der Waals surface area contributed by atoms with E-state index >= 15 is 0 Å². The molecule has 0 fully saturated rings. The topological polar surface area (TPSA) is 27.1 Å². The molecule has 12 heavy (non-hydrogen) atoms. The zero-order valence-corrected chi connectivity index (χ0v) is 6.73. The normalized spacial score (nSPS) is 9.00. The predicted octanol–water partition coefficient (Wildman–Crippen LogP) is 2.11. The summed E-state index contributed by atoms with van der Waals surface area (Å²) in [6.45, 7) is 10.7. The Morgan fingerprint density at radius 1 is 1.58 bits per heavy atom. The van der Waals surface area contributed by atoms with E-state index in [1.54, 1.807) is 23.2 Å². The van der Waals surface area contributed by atoms with Gasteiger partial charge in [-0.25, -0.2) is 4.98 Å². The van der Waals surface area contributed by atoms with Gasteiger partial charge >= 0.3 is 0 Å². The average molecular weight is 162 g/mol. The molecular weight excluding hydrogens is 152 g/mol. The molecule has 0 N–H and O–H groups in total. The molecule has 0 saturated heterocycles. The van der Waals surface area contributed by atoms with Gasteiger partial charge in [-0.3, -0.25) is 0 Å². The molecule has 0 aliphatic heterocycles. The summed E-state index contributed by atoms with van der Waals surface area (Å²) in [7, 11) is 0. The summed E-state index contributed by atoms with van der Waals surface area (Å²) in [5.74, 6) is 1.08. The third kappa shape index (κ3) is 1.45. The standard InChI is InChI=1S/C9H10N2O/c1-4-11-7-6-10-9(11)8(3)12-5-2/h4-7H,1-3H2. The van der Waals surface area contributed by atoms with Gasteiger partial charge in [-0.2, -0.15) is 0 Å². The van der Waals surface area contributed by atoms with Gasteiger partial charge in [0.15, 0.2) is 11.6 Å². The first kappa shape index (κ1) is 8.33. The lowest BCUT2D eigenvalue weighted by molar-refractivity contribution is 0.434. The lowest BCUT2D eigenvalue weighted by atomic mass is 10.5. The van der Waals surface area contributed by atoms with Gasteiger partial charge < -0.3 is 9.30 Å². The van der Waals surface area contributed by atoms with Crippen LogP contribution in [0.25, 0.3) is 12.0 Å². The maximum atomic E-state index is 4.97. The van der Waals surface area contributed by atoms with E-state index in [2.05, 4.69) is 24.7 Å². The Bertz CT molecular complexity index is 312. The van der Waals surface area contributed by atoms with Crippen molar-refractivity contribution in [2.75, 3.05) is 0 Å². The van der Waals surface area contributed by atoms with Crippen LogP contribution in [0.1, 0.15) is 5.82 Å². The van der Waals surface area contributed by atoms with Crippen molar-refractivity contribution in [1.82, 2.24) is 9.55 Å². The Balaban J connectivity index is 2.93. The van der Waals surface area contributed by atoms with E-state index in [0.29, 0.717) is 11.6 Å². The van der Waals surface area contributed by atoms with Crippen LogP contribution >= 0.6 is 0 Å². The Morgan fingerprint density at radius 2 is 2.33 bits per heavy atom. The second-order valence-corrected chi connectivity index (χ2v) is 2.05. The Morgan fingerprint density at radius 3 is 2.92 bits per heavy atom. The number of hydrogen-bond donors (Lipinski definition) is 0. The van der Waals surface area contributed by atoms with Crippen molar-refractivity contribution in [3.05, 3.63) is 44.2 Å². The van der Waals surface area contributed by atoms with E-state index in [4.69, 9.17) is 4.74 Å². The fraction of sp³-hybridized carbons (Fsp3) is 0. The summed E-state index contributed by atoms with van der Waals surface area (Å²) < 4.78 is 6.68. The van der Waals surface area contributed by atoms with Crippen molar-refractivity contribution in [3.8, 4) is 0 Å². The van der Waals surface area contributed by atoms with Gasteiger partial charge in [0, 0.05) is 18.6 Å². The molecule has 1 heterocycles. The molecule has 0 amide bonds. The van der Waals surface area contributed by atoms with Gasteiger partial charge in [0.1, 0.15) is 0 Å². The van der Waals surface area contributed by atoms with E-state index in [0.717, 1.165) is 0 Å². The molecule has 1 aromatic heterocycles. The van der Waals surface area contributed by atoms with Crippen LogP contribution in [0.2, 0.25) is 0 Å². The largest absolute Gasteiger partial charge is 0.462 e. The third-order valence-corrected chi connectivity index (χ3v) is 1.34. The molecule has 0 spiro atoms. The molecule has 1 rings (SSSR count). The van der Waals surface area contributed by atoms with E-state index in [9.17, 15) is 0 Å². The number of hydrogen-bond acceptors (Lipinski definition) is 2. The average Bonchev–Trinajstić information content (AvgIpc) is 2.51. The first-order chi connectivity index (χ1) is 5.79. The first-order valence-corrected chi connectivity index (χ1v) is 3.42. The molecule has 0 aliphatic carbocycles. The summed E-state index contributed by atoms with van der Waals surface area (Å²) in [5, 5.41) is 0. The lowest BCUT2D eigenvalue weighted by Gasteiger charge is -2.03. The van der Waals surface area contributed by atoms with Crippen LogP contribution < -0.4 is 0 Å². The number of imidazole rings is 1. The Hall–Kier alpha value is -1.77. The summed E-state index contributed by atoms with van der Waals surface area (Å²) in [4.78, 5) is 4.02. The Labute approximate surface area is 71.3 Å². The van der Waals surface area contributed by atoms with Gasteiger partial charge in [0.05, 0.1) is 6.26 Å². The van der Waals surface area contributed by atoms with Crippen molar-refractivity contribution >= 4 is 12.0 Å². The second kappa shape index (κ2) is 3.57. The first-order valence-electron chi connectivity index (χ1n) is 3.42. The smallest absolute Gasteiger partial charge is 0.179 e. The lowest BCUT2D eigenvalue weighted by Crippen LogP contribution is -1.94. The fourth-order valence-corrected chi connectivity index (χ4v) is 0.830. The fourth-order valence-electron chi connectivity index (χ4n) is 0.830. The number of aromatic nitrogens is 2. The van der Waals surface area contributed by atoms with Gasteiger partial charge in [-0.15, -0.1) is 0 Å². The molecule has 0 bridgehead atoms. The molecule has 0 unspecified atom stereocenters. The van der Waals surface area contributed by atoms with E-state index < -0.39 is 0 Å². The van der Waals surface area contributed by atoms with Gasteiger partial charge in [-0.05, 0) is 0 Å². The third-order valence-electron chi connectivity index (χ3n) is 1.34. The highest BCUT2D eigenvalue weighted by molar-refractivity contribution is 5.53. The molecule has 1 aromatic rings. The molecule has 0 atom stereocenters. The minimum absolute atomic E-state index is 0.454. The molecule has 0 aliphatic rings. The maximum Gasteiger partial charge on any atom is 0.179 e. The summed E-state index contributed by atoms with van der Waals surface area (Å²) in [6.07, 6.45) is 6.35. The zero-order chi connectivity index (χ0) is 8.97. The summed E-state index contributed by atoms with van der Waals surface area (Å²) in [6, 6.07) is 0. The van der Waals surface area contributed by atoms with Gasteiger partial charge in [-0.1, -0.05) is 19.7 Å². The van der Waals surface area contributed by atoms with Crippen LogP contribution in [-0.4, -0.2) is 9.55 Å². The monoisotopic (exact) mass is 162 g/mol. The van der Waals surface area contributed by atoms with E-state index in [1.165, 1.54) is 6.26 Å². The van der Waals surface area contributed by atoms with Crippen LogP contribution in [0.15, 0.2) is 38.4 Å². The van der Waals surface area contributed by atoms with Gasteiger partial charge in [0.25, 0.3) is 0 Å². The van der Waals surface area contributed by atoms with Crippen LogP contribution in [0.3, 0.4) is 0 Å². The minimum atomic E-state index is 0.454. The van der Waals surface area contributed by atoms with Crippen molar-refractivity contribution in [2.45, 2.75) is 0 Å². The van der Waals surface area contributed by atoms with E-state index in [-0.39, 0.29) is 0 Å². The highest BCUT2D eigenvalue weighted by Gasteiger charge is 2.03. The van der Waals surface area contributed by atoms with Crippen molar-refractivity contribution in [3.63, 3.8) is 0 Å². The second-order valence-electron chi connectivity index (χ2n) is 2.05. The van der Waals surface area contributed by atoms with Crippen molar-refractivity contribution in [1.29, 1.82) is 0 Å². The van der Waals surface area contributed by atoms with Crippen LogP contribution in [0.4, 0.5) is 0 Å². The highest BCUT2D eigenvalue weighted by atomic mass is 16.5. The number of nitrogens with zero attached hydrogens (tertiary/aromatic N) is 2. The van der Waals surface area contributed by atoms with Crippen molar-refractivity contribution in [2.24, 2.45) is 0 Å². The van der Waals surface area contributed by atoms with Gasteiger partial charge in [0.2, 0.25) is 0 Å². The van der Waals surface area contributed by atoms with Crippen LogP contribution in [0, 0.1) is 0 Å². The van der Waals surface area contributed by atoms with Crippen LogP contribution in [0.5, 0.6) is 0 Å². The molecule has 3 heteroatoms. The summed E-state index contributed by atoms with van der Waals surface area (Å²) in [5.41, 5.74) is 0. The molecule has 0 aromatic carbocycles. The molecule has 0 saturated carbocycles. The molecular formula is C9H10N2O. The highest BCUT2D eigenvalue weighted by Crippen LogP contribution is 2.11. The predicted molar refractivity (Wildman–Crippen MR) is 48.9 cm³/mol. The number of rotatable bonds is 4. The molecule has 62 valence electrons. The van der Waals surface area contributed by atoms with Crippen molar-refractivity contribution < 1.29 is 4.74 Å². The number of ether oxygens (including phenoxy) is 1. The van der Waals surface area contributed by atoms with E-state index in [1.807, 2.05) is 0 Å². The summed E-state index contributed by atoms with van der Waals surface area (Å²) >= 11 is 0. The van der Waals surface area contributed by atoms with Crippen LogP contribution in [-0.2, 0) is 4.74 Å². The quantitative estimate of drug-likeness (QED) is 0.634. The molecule has 0 radical (unpaired) electrons. The Kier molecular flexibility index (Phi) is 2.48. The zero-order valence-electron chi connectivity index (χ0n) is 6.73.